The molecule has 1 aromatic carbocycles. The molecular weight excluding hydrogens is 538 g/mol. The molecule has 0 aliphatic heterocycles. The summed E-state index contributed by atoms with van der Waals surface area (Å²) < 4.78 is 31.8. The minimum atomic E-state index is -1.45. The van der Waals surface area contributed by atoms with Gasteiger partial charge < -0.3 is 39.3 Å². The third-order valence-corrected chi connectivity index (χ3v) is 6.00. The van der Waals surface area contributed by atoms with E-state index < -0.39 is 65.7 Å². The van der Waals surface area contributed by atoms with Crippen molar-refractivity contribution in [1.82, 2.24) is 0 Å². The molecule has 0 aromatic heterocycles. The summed E-state index contributed by atoms with van der Waals surface area (Å²) in [5, 5.41) is 9.78. The normalized spacial score (nSPS) is 15.5. The number of carbonyl (C=O) groups excluding carboxylic acids is 3. The number of aliphatic carboxylic acids is 1. The van der Waals surface area contributed by atoms with Crippen molar-refractivity contribution < 1.29 is 52.7 Å². The Labute approximate surface area is 241 Å². The maximum absolute atomic E-state index is 12.5. The molecule has 0 amide bonds. The lowest BCUT2D eigenvalue weighted by Gasteiger charge is -2.32. The van der Waals surface area contributed by atoms with Gasteiger partial charge in [0.15, 0.2) is 11.5 Å². The zero-order chi connectivity index (χ0) is 31.9. The first-order valence-electron chi connectivity index (χ1n) is 13.4. The van der Waals surface area contributed by atoms with Crippen molar-refractivity contribution in [2.24, 2.45) is 17.6 Å². The van der Waals surface area contributed by atoms with Gasteiger partial charge in [-0.25, -0.2) is 14.4 Å². The van der Waals surface area contributed by atoms with Crippen LogP contribution in [-0.4, -0.2) is 59.0 Å². The second-order valence-electron chi connectivity index (χ2n) is 12.2. The summed E-state index contributed by atoms with van der Waals surface area (Å²) >= 11 is 0. The predicted octanol–water partition coefficient (Wildman–Crippen LogP) is 6.03. The van der Waals surface area contributed by atoms with Crippen LogP contribution < -0.4 is 15.2 Å². The van der Waals surface area contributed by atoms with Crippen molar-refractivity contribution in [3.8, 4) is 11.5 Å². The van der Waals surface area contributed by atoms with E-state index in [1.165, 1.54) is 18.2 Å². The van der Waals surface area contributed by atoms with Gasteiger partial charge in [0.2, 0.25) is 0 Å². The largest absolute Gasteiger partial charge is 0.514 e. The SMILES string of the molecule is CC(C)C(C)OC(=O)OC(C)C(C)C(c1ccc(OC(=O)OC(C)(C)C)c(OC(=O)OC(C)(C)C)c1)[C@H](N)C(=O)O. The van der Waals surface area contributed by atoms with Gasteiger partial charge in [-0.1, -0.05) is 26.8 Å². The van der Waals surface area contributed by atoms with E-state index in [4.69, 9.17) is 34.2 Å². The van der Waals surface area contributed by atoms with Crippen molar-refractivity contribution in [2.45, 2.75) is 112 Å². The van der Waals surface area contributed by atoms with Crippen LogP contribution in [-0.2, 0) is 23.7 Å². The summed E-state index contributed by atoms with van der Waals surface area (Å²) in [7, 11) is 0. The second kappa shape index (κ2) is 14.4. The first-order chi connectivity index (χ1) is 18.6. The van der Waals surface area contributed by atoms with Crippen LogP contribution >= 0.6 is 0 Å². The number of carbonyl (C=O) groups is 4. The van der Waals surface area contributed by atoms with E-state index in [1.807, 2.05) is 13.8 Å². The van der Waals surface area contributed by atoms with Crippen LogP contribution in [0.3, 0.4) is 0 Å². The molecule has 1 aromatic rings. The number of hydrogen-bond donors (Lipinski definition) is 2. The molecule has 4 unspecified atom stereocenters. The number of carboxylic acids is 1. The van der Waals surface area contributed by atoms with E-state index >= 15 is 0 Å². The highest BCUT2D eigenvalue weighted by atomic mass is 16.8. The number of ether oxygens (including phenoxy) is 6. The number of benzene rings is 1. The fourth-order valence-corrected chi connectivity index (χ4v) is 3.48. The van der Waals surface area contributed by atoms with Gasteiger partial charge in [-0.05, 0) is 79.0 Å². The van der Waals surface area contributed by atoms with Crippen molar-refractivity contribution >= 4 is 24.4 Å². The predicted molar refractivity (Wildman–Crippen MR) is 149 cm³/mol. The van der Waals surface area contributed by atoms with Crippen LogP contribution in [0.2, 0.25) is 0 Å². The van der Waals surface area contributed by atoms with E-state index in [1.54, 1.807) is 62.3 Å². The third kappa shape index (κ3) is 12.2. The van der Waals surface area contributed by atoms with Gasteiger partial charge in [0.05, 0.1) is 0 Å². The highest BCUT2D eigenvalue weighted by molar-refractivity contribution is 5.75. The highest BCUT2D eigenvalue weighted by Crippen LogP contribution is 2.37. The lowest BCUT2D eigenvalue weighted by atomic mass is 9.79. The smallest absolute Gasteiger partial charge is 0.480 e. The van der Waals surface area contributed by atoms with Gasteiger partial charge in [-0.2, -0.15) is 0 Å². The molecule has 1 rings (SSSR count). The van der Waals surface area contributed by atoms with Gasteiger partial charge in [0.1, 0.15) is 29.5 Å². The van der Waals surface area contributed by atoms with Crippen molar-refractivity contribution in [2.75, 3.05) is 0 Å². The topological polar surface area (TPSA) is 170 Å². The Morgan fingerprint density at radius 3 is 1.63 bits per heavy atom. The van der Waals surface area contributed by atoms with Gasteiger partial charge >= 0.3 is 24.4 Å². The number of hydrogen-bond acceptors (Lipinski definition) is 11. The van der Waals surface area contributed by atoms with Crippen LogP contribution in [0.5, 0.6) is 11.5 Å². The van der Waals surface area contributed by atoms with Crippen molar-refractivity contribution in [3.63, 3.8) is 0 Å². The summed E-state index contributed by atoms with van der Waals surface area (Å²) in [4.78, 5) is 49.2. The minimum Gasteiger partial charge on any atom is -0.480 e. The molecule has 12 heteroatoms. The van der Waals surface area contributed by atoms with E-state index in [-0.39, 0.29) is 17.4 Å². The Hall–Kier alpha value is -3.54. The van der Waals surface area contributed by atoms with E-state index in [0.717, 1.165) is 0 Å². The molecule has 41 heavy (non-hydrogen) atoms. The molecule has 0 aliphatic carbocycles. The second-order valence-corrected chi connectivity index (χ2v) is 12.2. The first kappa shape index (κ1) is 35.5. The molecule has 12 nitrogen and oxygen atoms in total. The van der Waals surface area contributed by atoms with Crippen molar-refractivity contribution in [3.05, 3.63) is 23.8 Å². The summed E-state index contributed by atoms with van der Waals surface area (Å²) in [5.74, 6) is -3.28. The minimum absolute atomic E-state index is 0.0632. The number of carboxylic acid groups (broad SMARTS) is 1. The van der Waals surface area contributed by atoms with Crippen LogP contribution in [0.15, 0.2) is 18.2 Å². The Morgan fingerprint density at radius 2 is 1.20 bits per heavy atom. The van der Waals surface area contributed by atoms with Crippen molar-refractivity contribution in [1.29, 1.82) is 0 Å². The van der Waals surface area contributed by atoms with Gasteiger partial charge in [-0.15, -0.1) is 0 Å². The Morgan fingerprint density at radius 1 is 0.732 bits per heavy atom. The number of rotatable bonds is 10. The monoisotopic (exact) mass is 583 g/mol. The standard InChI is InChI=1S/C29H45NO11/c1-15(2)17(4)36-25(33)37-18(5)16(3)22(23(30)24(31)32)19-12-13-20(38-26(34)40-28(6,7)8)21(14-19)39-27(35)41-29(9,10)11/h12-18,22-23H,30H2,1-11H3,(H,31,32)/t16?,17?,18?,22?,23-/m0/s1. The fourth-order valence-electron chi connectivity index (χ4n) is 3.48. The summed E-state index contributed by atoms with van der Waals surface area (Å²) in [5.41, 5.74) is 4.65. The average molecular weight is 584 g/mol. The zero-order valence-corrected chi connectivity index (χ0v) is 25.8. The maximum atomic E-state index is 12.5. The molecule has 5 atom stereocenters. The van der Waals surface area contributed by atoms with Crippen LogP contribution in [0, 0.1) is 11.8 Å². The van der Waals surface area contributed by atoms with Crippen LogP contribution in [0.4, 0.5) is 14.4 Å². The lowest BCUT2D eigenvalue weighted by molar-refractivity contribution is -0.139. The first-order valence-corrected chi connectivity index (χ1v) is 13.4. The van der Waals surface area contributed by atoms with Gasteiger partial charge in [0.25, 0.3) is 0 Å². The zero-order valence-electron chi connectivity index (χ0n) is 25.8. The van der Waals surface area contributed by atoms with Crippen LogP contribution in [0.25, 0.3) is 0 Å². The van der Waals surface area contributed by atoms with E-state index in [0.29, 0.717) is 5.56 Å². The average Bonchev–Trinajstić information content (AvgIpc) is 2.77. The molecule has 0 bridgehead atoms. The van der Waals surface area contributed by atoms with Gasteiger partial charge in [-0.3, -0.25) is 4.79 Å². The Kier molecular flexibility index (Phi) is 12.4. The Bertz CT molecular complexity index is 1070. The summed E-state index contributed by atoms with van der Waals surface area (Å²) in [6.07, 6.45) is -4.27. The lowest BCUT2D eigenvalue weighted by Crippen LogP contribution is -2.43. The summed E-state index contributed by atoms with van der Waals surface area (Å²) in [6.45, 7) is 18.6. The van der Waals surface area contributed by atoms with E-state index in [2.05, 4.69) is 0 Å². The fraction of sp³-hybridized carbons (Fsp3) is 0.655. The third-order valence-electron chi connectivity index (χ3n) is 6.00. The van der Waals surface area contributed by atoms with Crippen LogP contribution in [0.1, 0.15) is 87.6 Å². The molecule has 0 spiro atoms. The molecule has 0 heterocycles. The Balaban J connectivity index is 3.46. The van der Waals surface area contributed by atoms with E-state index in [9.17, 15) is 24.3 Å². The van der Waals surface area contributed by atoms with Gasteiger partial charge in [0, 0.05) is 11.8 Å². The quantitative estimate of drug-likeness (QED) is 0.186. The number of nitrogens with two attached hydrogens (primary N) is 1. The molecule has 0 saturated carbocycles. The molecule has 0 fully saturated rings. The maximum Gasteiger partial charge on any atom is 0.514 e. The highest BCUT2D eigenvalue weighted by Gasteiger charge is 2.36. The molecule has 3 N–H and O–H groups in total. The molecule has 0 radical (unpaired) electrons. The molecule has 0 aliphatic rings. The summed E-state index contributed by atoms with van der Waals surface area (Å²) in [6, 6.07) is 2.66. The molecule has 232 valence electrons. The molecular formula is C29H45NO11. The molecule has 0 saturated heterocycles.